The molecule has 470 valence electrons. The van der Waals surface area contributed by atoms with Crippen molar-refractivity contribution in [2.75, 3.05) is 76.3 Å². The minimum atomic E-state index is -2.22. The molecule has 6 N–H and O–H groups in total. The van der Waals surface area contributed by atoms with Crippen molar-refractivity contribution in [3.8, 4) is 23.0 Å². The van der Waals surface area contributed by atoms with Gasteiger partial charge >= 0.3 is 18.3 Å². The van der Waals surface area contributed by atoms with E-state index in [1.165, 1.54) is 56.4 Å². The van der Waals surface area contributed by atoms with Crippen LogP contribution in [-0.4, -0.2) is 155 Å². The fourth-order valence-electron chi connectivity index (χ4n) is 8.87. The van der Waals surface area contributed by atoms with Gasteiger partial charge in [0.1, 0.15) is 30.9 Å². The lowest BCUT2D eigenvalue weighted by atomic mass is 10.0. The van der Waals surface area contributed by atoms with Crippen LogP contribution in [-0.2, 0) is 34.8 Å². The van der Waals surface area contributed by atoms with Crippen LogP contribution >= 0.6 is 0 Å². The van der Waals surface area contributed by atoms with Crippen LogP contribution in [0.3, 0.4) is 0 Å². The number of hydrogen-bond donors (Lipinski definition) is 6. The van der Waals surface area contributed by atoms with Crippen molar-refractivity contribution in [1.29, 1.82) is 0 Å². The van der Waals surface area contributed by atoms with Gasteiger partial charge in [-0.25, -0.2) is 14.4 Å². The highest BCUT2D eigenvalue weighted by Crippen LogP contribution is 2.40. The topological polar surface area (TPSA) is 280 Å². The molecule has 23 nitrogen and oxygen atoms in total. The zero-order valence-electron chi connectivity index (χ0n) is 51.9. The normalized spacial score (nSPS) is 15.9. The molecule has 3 aromatic rings. The zero-order valence-corrected chi connectivity index (χ0v) is 52.9. The van der Waals surface area contributed by atoms with E-state index in [9.17, 15) is 38.7 Å². The van der Waals surface area contributed by atoms with Gasteiger partial charge < -0.3 is 68.4 Å². The summed E-state index contributed by atoms with van der Waals surface area (Å²) in [6.07, 6.45) is 0.0894. The molecule has 2 fully saturated rings. The Morgan fingerprint density at radius 2 is 1.22 bits per heavy atom. The van der Waals surface area contributed by atoms with Crippen LogP contribution < -0.4 is 45.5 Å². The quantitative estimate of drug-likeness (QED) is 0.0189. The summed E-state index contributed by atoms with van der Waals surface area (Å²) in [5.41, 5.74) is 2.01. The van der Waals surface area contributed by atoms with Gasteiger partial charge in [-0.3, -0.25) is 29.8 Å². The van der Waals surface area contributed by atoms with E-state index in [0.717, 1.165) is 11.1 Å². The summed E-state index contributed by atoms with van der Waals surface area (Å²) in [4.78, 5) is 97.2. The summed E-state index contributed by atoms with van der Waals surface area (Å²) in [5, 5.41) is 23.3. The first-order valence-corrected chi connectivity index (χ1v) is 31.4. The van der Waals surface area contributed by atoms with Crippen LogP contribution in [0.4, 0.5) is 31.4 Å². The Bertz CT molecular complexity index is 2970. The highest BCUT2D eigenvalue weighted by Gasteiger charge is 2.41. The number of carbonyl (C=O) groups excluding carboxylic acids is 7. The van der Waals surface area contributed by atoms with Crippen molar-refractivity contribution in [1.82, 2.24) is 20.4 Å². The number of hydrogen-bond acceptors (Lipinski definition) is 16. The van der Waals surface area contributed by atoms with Crippen molar-refractivity contribution in [3.05, 3.63) is 102 Å². The maximum Gasteiger partial charge on any atom is 0.412 e. The number of alkyl carbamates (subject to hydrolysis) is 1. The van der Waals surface area contributed by atoms with E-state index in [2.05, 4.69) is 80.2 Å². The Balaban J connectivity index is 1.33. The van der Waals surface area contributed by atoms with Crippen molar-refractivity contribution >= 4 is 67.3 Å². The minimum absolute atomic E-state index is 0.0322. The van der Waals surface area contributed by atoms with E-state index >= 15 is 0 Å². The predicted octanol–water partition coefficient (Wildman–Crippen LogP) is 9.58. The third-order valence-corrected chi connectivity index (χ3v) is 19.0. The number of aliphatic hydroxyl groups is 1. The maximum atomic E-state index is 14.8. The van der Waals surface area contributed by atoms with Crippen LogP contribution in [0, 0.1) is 5.92 Å². The minimum Gasteiger partial charge on any atom is -0.493 e. The molecule has 0 aromatic heterocycles. The van der Waals surface area contributed by atoms with Gasteiger partial charge in [0.25, 0.3) is 11.8 Å². The Morgan fingerprint density at radius 3 is 1.71 bits per heavy atom. The summed E-state index contributed by atoms with van der Waals surface area (Å²) in [5.74, 6) is -1.58. The van der Waals surface area contributed by atoms with E-state index in [1.807, 2.05) is 0 Å². The van der Waals surface area contributed by atoms with Crippen LogP contribution in [0.2, 0.25) is 18.1 Å². The molecule has 0 saturated carbocycles. The molecule has 2 saturated heterocycles. The molecule has 2 aliphatic heterocycles. The number of amides is 7. The number of methoxy groups -OCH3 is 2. The summed E-state index contributed by atoms with van der Waals surface area (Å²) in [6.45, 7) is 32.8. The second-order valence-corrected chi connectivity index (χ2v) is 28.8. The largest absolute Gasteiger partial charge is 0.493 e. The fraction of sp³-hybridized carbons (Fsp3) is 0.500. The molecule has 3 aromatic carbocycles. The second kappa shape index (κ2) is 30.3. The van der Waals surface area contributed by atoms with Crippen molar-refractivity contribution in [2.24, 2.45) is 5.92 Å². The van der Waals surface area contributed by atoms with Crippen molar-refractivity contribution < 1.29 is 76.3 Å². The molecule has 0 spiro atoms. The Morgan fingerprint density at radius 1 is 0.698 bits per heavy atom. The predicted molar refractivity (Wildman–Crippen MR) is 329 cm³/mol. The number of ether oxygens (including phenoxy) is 7. The Hall–Kier alpha value is -8.09. The van der Waals surface area contributed by atoms with Crippen molar-refractivity contribution in [3.63, 3.8) is 0 Å². The van der Waals surface area contributed by atoms with Crippen molar-refractivity contribution in [2.45, 2.75) is 136 Å². The van der Waals surface area contributed by atoms with Crippen LogP contribution in [0.25, 0.3) is 0 Å². The molecule has 0 unspecified atom stereocenters. The van der Waals surface area contributed by atoms with Gasteiger partial charge in [-0.2, -0.15) is 0 Å². The SMILES string of the molecule is C=CCOC(=O)N[C@H](C(=O)N[C@@H](C)C(=O)Nc1ccc(COC(=O)Nc2cc(OCCCOc3cc(NC(=O)OC(C)(C)C)c(C(=O)N4CC(=C)C[C@H]4CO)cc3OC)c(OC)cc2C(=O)N2CC(=C)C[C@H]2CO[Si](C)(C)C(C)(C)C)cc1)C(C)C. The van der Waals surface area contributed by atoms with Gasteiger partial charge in [0.15, 0.2) is 31.3 Å². The first-order valence-electron chi connectivity index (χ1n) is 28.5. The first kappa shape index (κ1) is 68.7. The molecular formula is C62H87N7O16Si. The second-order valence-electron chi connectivity index (χ2n) is 24.0. The van der Waals surface area contributed by atoms with Gasteiger partial charge in [-0.15, -0.1) is 0 Å². The number of anilines is 3. The summed E-state index contributed by atoms with van der Waals surface area (Å²) in [7, 11) is 0.608. The molecule has 86 heavy (non-hydrogen) atoms. The molecule has 0 bridgehead atoms. The molecule has 0 aliphatic carbocycles. The van der Waals surface area contributed by atoms with E-state index in [-0.39, 0.29) is 122 Å². The third-order valence-electron chi connectivity index (χ3n) is 14.5. The number of aliphatic hydroxyl groups excluding tert-OH is 1. The number of benzene rings is 3. The zero-order chi connectivity index (χ0) is 63.8. The first-order chi connectivity index (χ1) is 40.4. The van der Waals surface area contributed by atoms with E-state index < -0.39 is 74.0 Å². The smallest absolute Gasteiger partial charge is 0.412 e. The molecule has 7 amide bonds. The molecule has 4 atom stereocenters. The average molecular weight is 1210 g/mol. The fourth-order valence-corrected chi connectivity index (χ4v) is 9.91. The lowest BCUT2D eigenvalue weighted by Gasteiger charge is -2.38. The number of nitrogens with zero attached hydrogens (tertiary/aromatic N) is 2. The lowest BCUT2D eigenvalue weighted by Crippen LogP contribution is -2.53. The highest BCUT2D eigenvalue weighted by atomic mass is 28.4. The monoisotopic (exact) mass is 1210 g/mol. The lowest BCUT2D eigenvalue weighted by molar-refractivity contribution is -0.128. The molecule has 24 heteroatoms. The molecule has 2 heterocycles. The van der Waals surface area contributed by atoms with Crippen LogP contribution in [0.5, 0.6) is 23.0 Å². The van der Waals surface area contributed by atoms with Gasteiger partial charge in [0.05, 0.1) is 75.2 Å². The summed E-state index contributed by atoms with van der Waals surface area (Å²) < 4.78 is 46.6. The average Bonchev–Trinajstić information content (AvgIpc) is 1.96. The number of carbonyl (C=O) groups is 7. The van der Waals surface area contributed by atoms with Gasteiger partial charge in [0, 0.05) is 37.3 Å². The number of rotatable bonds is 26. The molecular weight excluding hydrogens is 1130 g/mol. The summed E-state index contributed by atoms with van der Waals surface area (Å²) >= 11 is 0. The molecule has 0 radical (unpaired) electrons. The summed E-state index contributed by atoms with van der Waals surface area (Å²) in [6, 6.07) is 9.54. The van der Waals surface area contributed by atoms with E-state index in [4.69, 9.17) is 37.6 Å². The van der Waals surface area contributed by atoms with Gasteiger partial charge in [0.2, 0.25) is 11.8 Å². The highest BCUT2D eigenvalue weighted by molar-refractivity contribution is 6.74. The maximum absolute atomic E-state index is 14.8. The van der Waals surface area contributed by atoms with E-state index in [0.29, 0.717) is 24.1 Å². The standard InChI is InChI=1S/C62H87N7O16Si/c1-17-23-82-59(76)67-53(37(2)3)55(72)63-40(6)54(71)64-42-21-19-41(20-22-42)35-83-58(75)65-47-30-51(49(78-13)28-45(47)57(74)69-33-39(5)27-44(69)36-84-86(15,16)62(10,11)12)80-24-18-25-81-52-31-48(66-60(77)85-61(7,8)9)46(29-50(52)79-14)56(73)68-32-38(4)26-43(68)34-70/h17,19-22,28-31,37,40,43-44,53,70H,1,4-5,18,23-27,32-36H2,2-3,6-16H3,(H,63,72)(H,64,71)(H,65,75)(H,66,77)(H,67,76)/t40-,43-,44-,53-/m0/s1. The Labute approximate surface area is 505 Å². The molecule has 5 rings (SSSR count). The van der Waals surface area contributed by atoms with E-state index in [1.54, 1.807) is 63.8 Å². The third kappa shape index (κ3) is 19.2. The van der Waals surface area contributed by atoms with Gasteiger partial charge in [-0.1, -0.05) is 83.7 Å². The van der Waals surface area contributed by atoms with Crippen LogP contribution in [0.1, 0.15) is 108 Å². The van der Waals surface area contributed by atoms with Crippen LogP contribution in [0.15, 0.2) is 85.5 Å². The van der Waals surface area contributed by atoms with Gasteiger partial charge in [-0.05, 0) is 94.4 Å². The number of nitrogens with one attached hydrogen (secondary N) is 5. The Kier molecular flexibility index (Phi) is 24.2. The number of likely N-dealkylation sites (tertiary alicyclic amines) is 2. The molecule has 2 aliphatic rings.